The fourth-order valence-corrected chi connectivity index (χ4v) is 3.00. The van der Waals surface area contributed by atoms with Gasteiger partial charge in [0.15, 0.2) is 0 Å². The summed E-state index contributed by atoms with van der Waals surface area (Å²) in [6.45, 7) is 18.4. The quantitative estimate of drug-likeness (QED) is 0.386. The van der Waals surface area contributed by atoms with Crippen LogP contribution in [0.2, 0.25) is 0 Å². The van der Waals surface area contributed by atoms with Gasteiger partial charge in [-0.25, -0.2) is 0 Å². The Labute approximate surface area is 194 Å². The van der Waals surface area contributed by atoms with Gasteiger partial charge in [-0.15, -0.1) is 0 Å². The molecule has 2 nitrogen and oxygen atoms in total. The summed E-state index contributed by atoms with van der Waals surface area (Å²) >= 11 is 0. The van der Waals surface area contributed by atoms with Crippen molar-refractivity contribution in [3.63, 3.8) is 0 Å². The molecule has 2 heteroatoms. The Morgan fingerprint density at radius 2 is 1.00 bits per heavy atom. The second kappa shape index (κ2) is 21.2. The van der Waals surface area contributed by atoms with Crippen molar-refractivity contribution in [2.45, 2.75) is 172 Å². The first-order chi connectivity index (χ1) is 8.68. The van der Waals surface area contributed by atoms with Crippen LogP contribution in [-0.2, 0) is 9.47 Å². The summed E-state index contributed by atoms with van der Waals surface area (Å²) in [5.41, 5.74) is 1.08. The summed E-state index contributed by atoms with van der Waals surface area (Å²) in [4.78, 5) is 0. The van der Waals surface area contributed by atoms with Gasteiger partial charge in [0.1, 0.15) is 0 Å². The molecule has 0 spiro atoms. The molecule has 0 aromatic rings. The van der Waals surface area contributed by atoms with E-state index in [0.29, 0.717) is 11.0 Å². The molecule has 3 fully saturated rings. The van der Waals surface area contributed by atoms with Gasteiger partial charge in [-0.2, -0.15) is 0 Å². The van der Waals surface area contributed by atoms with E-state index in [2.05, 4.69) is 41.5 Å². The standard InChI is InChI=1S/C10H18O.C5H10O.C2H6.10CH4/c1-8(2)6-5-7-9(3)10(8,4)11-9;1-3-5(2)4-6-5;1-2;;;;;;;;;;/h5-7H2,1-4H3;3-4H2,1-2H3;1-2H3;10*1H4. The van der Waals surface area contributed by atoms with Crippen molar-refractivity contribution in [3.8, 4) is 0 Å². The van der Waals surface area contributed by atoms with Crippen molar-refractivity contribution >= 4 is 0 Å². The van der Waals surface area contributed by atoms with Gasteiger partial charge in [0, 0.05) is 0 Å². The fourth-order valence-electron chi connectivity index (χ4n) is 3.00. The minimum absolute atomic E-state index is 0. The minimum atomic E-state index is 0. The molecule has 3 unspecified atom stereocenters. The van der Waals surface area contributed by atoms with E-state index in [4.69, 9.17) is 9.47 Å². The predicted molar refractivity (Wildman–Crippen MR) is 149 cm³/mol. The maximum absolute atomic E-state index is 5.87. The zero-order valence-corrected chi connectivity index (χ0v) is 14.4. The van der Waals surface area contributed by atoms with Gasteiger partial charge < -0.3 is 9.47 Å². The number of hydrogen-bond acceptors (Lipinski definition) is 2. The van der Waals surface area contributed by atoms with Gasteiger partial charge >= 0.3 is 0 Å². The van der Waals surface area contributed by atoms with Crippen LogP contribution in [0.4, 0.5) is 0 Å². The lowest BCUT2D eigenvalue weighted by Gasteiger charge is -2.35. The van der Waals surface area contributed by atoms with Gasteiger partial charge in [0.25, 0.3) is 0 Å². The normalized spacial score (nSPS) is 29.4. The lowest BCUT2D eigenvalue weighted by Crippen LogP contribution is -2.39. The van der Waals surface area contributed by atoms with E-state index in [1.54, 1.807) is 0 Å². The van der Waals surface area contributed by atoms with Crippen LogP contribution in [0.3, 0.4) is 0 Å². The maximum atomic E-state index is 5.87. The Bertz CT molecular complexity index is 308. The molecule has 1 saturated carbocycles. The second-order valence-corrected chi connectivity index (χ2v) is 7.20. The van der Waals surface area contributed by atoms with Gasteiger partial charge in [0.2, 0.25) is 0 Å². The summed E-state index contributed by atoms with van der Waals surface area (Å²) in [7, 11) is 0. The molecule has 0 N–H and O–H groups in total. The Morgan fingerprint density at radius 3 is 1.17 bits per heavy atom. The molecule has 2 aliphatic heterocycles. The molecule has 1 aliphatic carbocycles. The topological polar surface area (TPSA) is 25.1 Å². The van der Waals surface area contributed by atoms with Crippen LogP contribution in [0, 0.1) is 5.41 Å². The van der Waals surface area contributed by atoms with Crippen molar-refractivity contribution in [2.24, 2.45) is 5.41 Å². The van der Waals surface area contributed by atoms with E-state index >= 15 is 0 Å². The van der Waals surface area contributed by atoms with Crippen LogP contribution in [-0.4, -0.2) is 23.4 Å². The third-order valence-corrected chi connectivity index (χ3v) is 5.53. The molecular formula is C27H74O2. The van der Waals surface area contributed by atoms with Crippen molar-refractivity contribution in [1.29, 1.82) is 0 Å². The van der Waals surface area contributed by atoms with E-state index in [0.717, 1.165) is 13.0 Å². The summed E-state index contributed by atoms with van der Waals surface area (Å²) in [5.74, 6) is 0. The summed E-state index contributed by atoms with van der Waals surface area (Å²) in [5, 5.41) is 0. The molecule has 0 bridgehead atoms. The van der Waals surface area contributed by atoms with Crippen LogP contribution in [0.15, 0.2) is 0 Å². The molecule has 2 heterocycles. The third kappa shape index (κ3) is 13.0. The molecule has 3 aliphatic rings. The lowest BCUT2D eigenvalue weighted by molar-refractivity contribution is 0.140. The molecule has 29 heavy (non-hydrogen) atoms. The maximum Gasteiger partial charge on any atom is 0.0999 e. The number of fused-ring (bicyclic) bond motifs is 1. The van der Waals surface area contributed by atoms with Crippen LogP contribution in [0.1, 0.15) is 155 Å². The average Bonchev–Trinajstić information content (AvgIpc) is 3.22. The van der Waals surface area contributed by atoms with Crippen molar-refractivity contribution in [1.82, 2.24) is 0 Å². The number of epoxide rings is 2. The highest BCUT2D eigenvalue weighted by Gasteiger charge is 2.71. The molecular weight excluding hydrogens is 356 g/mol. The van der Waals surface area contributed by atoms with E-state index in [9.17, 15) is 0 Å². The SMILES string of the molecule is C.C.C.C.C.C.C.C.C.C.CC.CC1(C)CCCC2(C)OC12C.CCC1(C)CO1. The van der Waals surface area contributed by atoms with Crippen molar-refractivity contribution < 1.29 is 9.47 Å². The van der Waals surface area contributed by atoms with Crippen LogP contribution < -0.4 is 0 Å². The van der Waals surface area contributed by atoms with Gasteiger partial charge in [-0.1, -0.05) is 109 Å². The van der Waals surface area contributed by atoms with Gasteiger partial charge in [-0.3, -0.25) is 0 Å². The lowest BCUT2D eigenvalue weighted by atomic mass is 9.65. The van der Waals surface area contributed by atoms with E-state index in [1.165, 1.54) is 19.3 Å². The van der Waals surface area contributed by atoms with Crippen LogP contribution in [0.25, 0.3) is 0 Å². The monoisotopic (exact) mass is 431 g/mol. The molecule has 0 aromatic heterocycles. The zero-order valence-electron chi connectivity index (χ0n) is 14.4. The summed E-state index contributed by atoms with van der Waals surface area (Å²) in [6.07, 6.45) is 5.07. The Morgan fingerprint density at radius 1 is 0.655 bits per heavy atom. The zero-order chi connectivity index (χ0) is 14.9. The summed E-state index contributed by atoms with van der Waals surface area (Å²) in [6, 6.07) is 0. The molecule has 2 saturated heterocycles. The van der Waals surface area contributed by atoms with Crippen molar-refractivity contribution in [2.75, 3.05) is 6.61 Å². The largest absolute Gasteiger partial charge is 0.370 e. The first-order valence-corrected chi connectivity index (χ1v) is 8.02. The summed E-state index contributed by atoms with van der Waals surface area (Å²) < 4.78 is 10.9. The molecule has 3 atom stereocenters. The average molecular weight is 431 g/mol. The fraction of sp³-hybridized carbons (Fsp3) is 1.00. The first-order valence-electron chi connectivity index (χ1n) is 8.02. The van der Waals surface area contributed by atoms with E-state index in [1.807, 2.05) is 13.8 Å². The molecule has 0 amide bonds. The Balaban J connectivity index is -0.0000000229. The highest BCUT2D eigenvalue weighted by Crippen LogP contribution is 2.64. The molecule has 3 rings (SSSR count). The molecule has 194 valence electrons. The first kappa shape index (κ1) is 63.0. The van der Waals surface area contributed by atoms with Gasteiger partial charge in [-0.05, 0) is 51.9 Å². The second-order valence-electron chi connectivity index (χ2n) is 7.20. The number of ether oxygens (including phenoxy) is 2. The highest BCUT2D eigenvalue weighted by molar-refractivity contribution is 5.19. The highest BCUT2D eigenvalue weighted by atomic mass is 16.6. The van der Waals surface area contributed by atoms with Crippen molar-refractivity contribution in [3.05, 3.63) is 0 Å². The third-order valence-electron chi connectivity index (χ3n) is 5.53. The van der Waals surface area contributed by atoms with Gasteiger partial charge in [0.05, 0.1) is 23.4 Å². The Hall–Kier alpha value is -0.0800. The number of hydrogen-bond donors (Lipinski definition) is 0. The number of rotatable bonds is 1. The Kier molecular flexibility index (Phi) is 46.0. The minimum Gasteiger partial charge on any atom is -0.370 e. The van der Waals surface area contributed by atoms with E-state index < -0.39 is 0 Å². The smallest absolute Gasteiger partial charge is 0.0999 e. The molecule has 0 aromatic carbocycles. The molecule has 0 radical (unpaired) electrons. The van der Waals surface area contributed by atoms with Crippen LogP contribution in [0.5, 0.6) is 0 Å². The van der Waals surface area contributed by atoms with E-state index in [-0.39, 0.29) is 85.5 Å². The predicted octanol–water partition coefficient (Wildman–Crippen LogP) is 11.3. The van der Waals surface area contributed by atoms with Crippen LogP contribution >= 0.6 is 0 Å².